The number of hydrogen-bond donors (Lipinski definition) is 2. The summed E-state index contributed by atoms with van der Waals surface area (Å²) in [5.41, 5.74) is 1.57. The summed E-state index contributed by atoms with van der Waals surface area (Å²) < 4.78 is 0. The average Bonchev–Trinajstić information content (AvgIpc) is 2.15. The van der Waals surface area contributed by atoms with E-state index in [0.717, 1.165) is 0 Å². The molecule has 0 aliphatic carbocycles. The van der Waals surface area contributed by atoms with Gasteiger partial charge in [0, 0.05) is 12.1 Å². The Morgan fingerprint density at radius 1 is 1.43 bits per heavy atom. The molecular weight excluding hydrogens is 192 g/mol. The van der Waals surface area contributed by atoms with Crippen LogP contribution in [0.5, 0.6) is 5.75 Å². The second-order valence-electron chi connectivity index (χ2n) is 2.26. The maximum absolute atomic E-state index is 10.2. The zero-order valence-corrected chi connectivity index (χ0v) is 6.84. The highest BCUT2D eigenvalue weighted by Gasteiger charge is 2.04. The third kappa shape index (κ3) is 2.63. The van der Waals surface area contributed by atoms with Crippen molar-refractivity contribution in [2.75, 3.05) is 0 Å². The monoisotopic (exact) mass is 198 g/mol. The van der Waals surface area contributed by atoms with Crippen molar-refractivity contribution in [1.82, 2.24) is 5.48 Å². The Morgan fingerprint density at radius 3 is 2.43 bits per heavy atom. The van der Waals surface area contributed by atoms with E-state index in [1.807, 2.05) is 0 Å². The maximum atomic E-state index is 10.2. The summed E-state index contributed by atoms with van der Waals surface area (Å²) >= 11 is 0. The van der Waals surface area contributed by atoms with Crippen LogP contribution in [0.2, 0.25) is 0 Å². The summed E-state index contributed by atoms with van der Waals surface area (Å²) in [6.07, 6.45) is -1.34. The largest absolute Gasteiger partial charge is 0.463 e. The van der Waals surface area contributed by atoms with Crippen molar-refractivity contribution in [3.63, 3.8) is 0 Å². The van der Waals surface area contributed by atoms with Crippen molar-refractivity contribution in [3.05, 3.63) is 34.4 Å². The van der Waals surface area contributed by atoms with Gasteiger partial charge in [-0.3, -0.25) is 10.1 Å². The summed E-state index contributed by atoms with van der Waals surface area (Å²) in [5.74, 6) is 0.179. The minimum Gasteiger partial charge on any atom is -0.463 e. The summed E-state index contributed by atoms with van der Waals surface area (Å²) in [7, 11) is 0. The first kappa shape index (κ1) is 9.78. The van der Waals surface area contributed by atoms with Crippen molar-refractivity contribution in [3.8, 4) is 5.75 Å². The van der Waals surface area contributed by atoms with Gasteiger partial charge in [0.1, 0.15) is 0 Å². The fourth-order valence-electron chi connectivity index (χ4n) is 0.738. The first-order chi connectivity index (χ1) is 6.59. The predicted molar refractivity (Wildman–Crippen MR) is 44.9 cm³/mol. The minimum atomic E-state index is -1.34. The van der Waals surface area contributed by atoms with Crippen molar-refractivity contribution >= 4 is 11.8 Å². The second kappa shape index (κ2) is 4.08. The smallest absolute Gasteiger partial charge is 0.438 e. The minimum absolute atomic E-state index is 0.0901. The highest BCUT2D eigenvalue weighted by Crippen LogP contribution is 2.16. The molecule has 2 N–H and O–H groups in total. The van der Waals surface area contributed by atoms with Gasteiger partial charge in [0.15, 0.2) is 5.75 Å². The Labute approximate surface area is 78.0 Å². The van der Waals surface area contributed by atoms with E-state index in [-0.39, 0.29) is 11.4 Å². The molecule has 1 aromatic rings. The van der Waals surface area contributed by atoms with Crippen LogP contribution < -0.4 is 10.3 Å². The summed E-state index contributed by atoms with van der Waals surface area (Å²) in [6.45, 7) is 0. The average molecular weight is 198 g/mol. The molecule has 0 aromatic heterocycles. The van der Waals surface area contributed by atoms with Gasteiger partial charge in [-0.1, -0.05) is 0 Å². The lowest BCUT2D eigenvalue weighted by Gasteiger charge is -2.02. The van der Waals surface area contributed by atoms with E-state index in [1.165, 1.54) is 24.3 Å². The van der Waals surface area contributed by atoms with Gasteiger partial charge < -0.3 is 9.94 Å². The summed E-state index contributed by atoms with van der Waals surface area (Å²) in [6, 6.07) is 4.99. The van der Waals surface area contributed by atoms with Crippen molar-refractivity contribution in [1.29, 1.82) is 0 Å². The number of hydroxylamine groups is 1. The van der Waals surface area contributed by atoms with Crippen LogP contribution in [0.1, 0.15) is 0 Å². The van der Waals surface area contributed by atoms with Gasteiger partial charge in [-0.25, -0.2) is 4.79 Å². The van der Waals surface area contributed by atoms with Crippen LogP contribution in [0.4, 0.5) is 10.5 Å². The molecule has 0 spiro atoms. The molecule has 14 heavy (non-hydrogen) atoms. The lowest BCUT2D eigenvalue weighted by atomic mass is 10.3. The van der Waals surface area contributed by atoms with Crippen molar-refractivity contribution in [2.45, 2.75) is 0 Å². The number of nitrogens with one attached hydrogen (secondary N) is 1. The molecule has 0 unspecified atom stereocenters. The first-order valence-electron chi connectivity index (χ1n) is 3.50. The summed E-state index contributed by atoms with van der Waals surface area (Å²) in [4.78, 5) is 24.2. The third-order valence-electron chi connectivity index (χ3n) is 1.30. The van der Waals surface area contributed by atoms with Crippen LogP contribution >= 0.6 is 0 Å². The molecule has 0 radical (unpaired) electrons. The fourth-order valence-corrected chi connectivity index (χ4v) is 0.738. The number of nitrogens with zero attached hydrogens (tertiary/aromatic N) is 1. The standard InChI is InChI=1S/C7H6N2O5/c10-7(11)8-14-6-3-1-5(2-4-6)9(12)13/h1-4,8H,(H,10,11). The number of carboxylic acid groups (broad SMARTS) is 1. The molecule has 1 aromatic carbocycles. The topological polar surface area (TPSA) is 102 Å². The summed E-state index contributed by atoms with van der Waals surface area (Å²) in [5, 5.41) is 18.4. The molecule has 0 bridgehead atoms. The van der Waals surface area contributed by atoms with Gasteiger partial charge >= 0.3 is 6.09 Å². The normalized spacial score (nSPS) is 9.14. The Morgan fingerprint density at radius 2 is 2.00 bits per heavy atom. The molecule has 0 atom stereocenters. The Kier molecular flexibility index (Phi) is 2.85. The zero-order valence-electron chi connectivity index (χ0n) is 6.84. The number of hydrogen-bond acceptors (Lipinski definition) is 4. The van der Waals surface area contributed by atoms with E-state index in [4.69, 9.17) is 5.11 Å². The molecule has 0 fully saturated rings. The van der Waals surface area contributed by atoms with Gasteiger partial charge in [-0.15, -0.1) is 0 Å². The van der Waals surface area contributed by atoms with Crippen LogP contribution in [0.25, 0.3) is 0 Å². The predicted octanol–water partition coefficient (Wildman–Crippen LogP) is 1.16. The molecule has 74 valence electrons. The number of rotatable bonds is 3. The molecule has 7 heteroatoms. The van der Waals surface area contributed by atoms with E-state index < -0.39 is 11.0 Å². The zero-order chi connectivity index (χ0) is 10.6. The van der Waals surface area contributed by atoms with Crippen LogP contribution in [0.15, 0.2) is 24.3 Å². The number of nitro benzene ring substituents is 1. The number of nitro groups is 1. The van der Waals surface area contributed by atoms with Crippen LogP contribution in [0.3, 0.4) is 0 Å². The molecule has 1 amide bonds. The molecule has 0 aliphatic heterocycles. The molecule has 0 saturated heterocycles. The highest BCUT2D eigenvalue weighted by atomic mass is 16.7. The van der Waals surface area contributed by atoms with Crippen LogP contribution in [0, 0.1) is 10.1 Å². The molecule has 1 rings (SSSR count). The SMILES string of the molecule is O=C(O)NOc1ccc([N+](=O)[O-])cc1. The van der Waals surface area contributed by atoms with Crippen molar-refractivity contribution < 1.29 is 19.7 Å². The maximum Gasteiger partial charge on any atom is 0.438 e. The van der Waals surface area contributed by atoms with E-state index in [1.54, 1.807) is 5.48 Å². The molecule has 7 nitrogen and oxygen atoms in total. The molecule has 0 saturated carbocycles. The lowest BCUT2D eigenvalue weighted by molar-refractivity contribution is -0.384. The van der Waals surface area contributed by atoms with Gasteiger partial charge in [-0.05, 0) is 12.1 Å². The quantitative estimate of drug-likeness (QED) is 0.560. The van der Waals surface area contributed by atoms with E-state index >= 15 is 0 Å². The highest BCUT2D eigenvalue weighted by molar-refractivity contribution is 5.63. The van der Waals surface area contributed by atoms with E-state index in [2.05, 4.69) is 4.84 Å². The molecular formula is C7H6N2O5. The Hall–Kier alpha value is -2.31. The van der Waals surface area contributed by atoms with Gasteiger partial charge in [0.05, 0.1) is 4.92 Å². The van der Waals surface area contributed by atoms with Gasteiger partial charge in [0.25, 0.3) is 5.69 Å². The Balaban J connectivity index is 2.64. The molecule has 0 aliphatic rings. The van der Waals surface area contributed by atoms with E-state index in [0.29, 0.717) is 0 Å². The number of non-ortho nitro benzene ring substituents is 1. The van der Waals surface area contributed by atoms with Crippen molar-refractivity contribution in [2.24, 2.45) is 0 Å². The number of carbonyl (C=O) groups is 1. The van der Waals surface area contributed by atoms with Gasteiger partial charge in [-0.2, -0.15) is 5.48 Å². The fraction of sp³-hybridized carbons (Fsp3) is 0. The van der Waals surface area contributed by atoms with Crippen LogP contribution in [-0.2, 0) is 0 Å². The second-order valence-corrected chi connectivity index (χ2v) is 2.26. The first-order valence-corrected chi connectivity index (χ1v) is 3.50. The van der Waals surface area contributed by atoms with E-state index in [9.17, 15) is 14.9 Å². The number of benzene rings is 1. The third-order valence-corrected chi connectivity index (χ3v) is 1.30. The van der Waals surface area contributed by atoms with Gasteiger partial charge in [0.2, 0.25) is 0 Å². The molecule has 0 heterocycles. The van der Waals surface area contributed by atoms with Crippen LogP contribution in [-0.4, -0.2) is 16.1 Å². The number of amides is 1. The Bertz CT molecular complexity index is 348. The lowest BCUT2D eigenvalue weighted by Crippen LogP contribution is -2.24.